The Morgan fingerprint density at radius 1 is 0.812 bits per heavy atom. The van der Waals surface area contributed by atoms with Crippen molar-refractivity contribution in [3.63, 3.8) is 0 Å². The van der Waals surface area contributed by atoms with Crippen LogP contribution in [0.2, 0.25) is 0 Å². The maximum Gasteiger partial charge on any atom is 0.343 e. The lowest BCUT2D eigenvalue weighted by atomic mass is 10.1. The molecule has 3 rings (SSSR count). The number of nitrogens with zero attached hydrogens (tertiary/aromatic N) is 1. The molecule has 0 bridgehead atoms. The number of benzene rings is 3. The van der Waals surface area contributed by atoms with Crippen molar-refractivity contribution in [1.29, 1.82) is 0 Å². The van der Waals surface area contributed by atoms with Crippen molar-refractivity contribution in [3.8, 4) is 5.75 Å². The van der Waals surface area contributed by atoms with Crippen molar-refractivity contribution in [2.75, 3.05) is 5.32 Å². The second-order valence-corrected chi connectivity index (χ2v) is 6.88. The van der Waals surface area contributed by atoms with Gasteiger partial charge in [0.15, 0.2) is 0 Å². The molecule has 32 heavy (non-hydrogen) atoms. The number of hydrogen-bond acceptors (Lipinski definition) is 5. The molecule has 0 saturated heterocycles. The quantitative estimate of drug-likeness (QED) is 0.210. The zero-order valence-corrected chi connectivity index (χ0v) is 17.4. The lowest BCUT2D eigenvalue weighted by molar-refractivity contribution is -0.136. The van der Waals surface area contributed by atoms with E-state index in [1.54, 1.807) is 43.3 Å². The van der Waals surface area contributed by atoms with Gasteiger partial charge in [0, 0.05) is 5.69 Å². The van der Waals surface area contributed by atoms with Crippen molar-refractivity contribution in [1.82, 2.24) is 5.43 Å². The van der Waals surface area contributed by atoms with Gasteiger partial charge in [-0.05, 0) is 80.1 Å². The molecule has 162 valence electrons. The molecular formula is C24H20FN3O4. The highest BCUT2D eigenvalue weighted by Gasteiger charge is 2.13. The Balaban J connectivity index is 1.56. The number of aryl methyl sites for hydroxylation is 1. The van der Waals surface area contributed by atoms with E-state index in [2.05, 4.69) is 15.8 Å². The summed E-state index contributed by atoms with van der Waals surface area (Å²) in [4.78, 5) is 36.0. The van der Waals surface area contributed by atoms with E-state index in [4.69, 9.17) is 4.74 Å². The van der Waals surface area contributed by atoms with E-state index in [1.807, 2.05) is 19.1 Å². The van der Waals surface area contributed by atoms with Crippen LogP contribution in [0.4, 0.5) is 10.1 Å². The van der Waals surface area contributed by atoms with Crippen LogP contribution in [0.15, 0.2) is 77.9 Å². The summed E-state index contributed by atoms with van der Waals surface area (Å²) in [7, 11) is 0. The summed E-state index contributed by atoms with van der Waals surface area (Å²) in [6, 6.07) is 18.6. The Morgan fingerprint density at radius 2 is 1.41 bits per heavy atom. The number of ether oxygens (including phenoxy) is 1. The number of rotatable bonds is 5. The summed E-state index contributed by atoms with van der Waals surface area (Å²) in [5.74, 6) is -2.48. The fourth-order valence-electron chi connectivity index (χ4n) is 2.59. The summed E-state index contributed by atoms with van der Waals surface area (Å²) in [6.45, 7) is 3.57. The summed E-state index contributed by atoms with van der Waals surface area (Å²) in [6.07, 6.45) is 0. The van der Waals surface area contributed by atoms with E-state index in [0.717, 1.165) is 17.7 Å². The number of nitrogens with one attached hydrogen (secondary N) is 2. The smallest absolute Gasteiger partial charge is 0.343 e. The van der Waals surface area contributed by atoms with Gasteiger partial charge in [0.1, 0.15) is 11.6 Å². The standard InChI is InChI=1S/C24H20FN3O4/c1-15-3-5-18(6-4-15)24(31)32-21-13-7-17(8-14-21)16(2)27-28-23(30)22(29)26-20-11-9-19(25)10-12-20/h3-14H,1-2H3,(H,26,29)(H,28,30)/b27-16+. The molecule has 0 aliphatic rings. The third-order valence-corrected chi connectivity index (χ3v) is 4.40. The number of hydrazone groups is 1. The maximum atomic E-state index is 12.9. The third-order valence-electron chi connectivity index (χ3n) is 4.40. The molecule has 7 nitrogen and oxygen atoms in total. The highest BCUT2D eigenvalue weighted by Crippen LogP contribution is 2.15. The summed E-state index contributed by atoms with van der Waals surface area (Å²) >= 11 is 0. The number of esters is 1. The van der Waals surface area contributed by atoms with Crippen LogP contribution >= 0.6 is 0 Å². The van der Waals surface area contributed by atoms with Crippen LogP contribution in [0.1, 0.15) is 28.4 Å². The van der Waals surface area contributed by atoms with E-state index in [-0.39, 0.29) is 5.69 Å². The van der Waals surface area contributed by atoms with Crippen LogP contribution in [0, 0.1) is 12.7 Å². The third kappa shape index (κ3) is 6.09. The van der Waals surface area contributed by atoms with Crippen molar-refractivity contribution in [2.24, 2.45) is 5.10 Å². The summed E-state index contributed by atoms with van der Waals surface area (Å²) in [5, 5.41) is 6.25. The molecule has 0 spiro atoms. The molecule has 3 aromatic rings. The number of halogens is 1. The van der Waals surface area contributed by atoms with E-state index < -0.39 is 23.6 Å². The minimum absolute atomic E-state index is 0.281. The average molecular weight is 433 g/mol. The molecular weight excluding hydrogens is 413 g/mol. The zero-order valence-electron chi connectivity index (χ0n) is 17.4. The second-order valence-electron chi connectivity index (χ2n) is 6.88. The van der Waals surface area contributed by atoms with Gasteiger partial charge in [-0.25, -0.2) is 14.6 Å². The van der Waals surface area contributed by atoms with E-state index in [9.17, 15) is 18.8 Å². The van der Waals surface area contributed by atoms with E-state index >= 15 is 0 Å². The van der Waals surface area contributed by atoms with Gasteiger partial charge >= 0.3 is 17.8 Å². The minimum Gasteiger partial charge on any atom is -0.423 e. The normalized spacial score (nSPS) is 10.9. The zero-order chi connectivity index (χ0) is 23.1. The fourth-order valence-corrected chi connectivity index (χ4v) is 2.59. The minimum atomic E-state index is -0.975. The van der Waals surface area contributed by atoms with Crippen molar-refractivity contribution in [2.45, 2.75) is 13.8 Å². The first-order valence-corrected chi connectivity index (χ1v) is 9.62. The Bertz CT molecular complexity index is 1160. The Morgan fingerprint density at radius 3 is 2.03 bits per heavy atom. The lowest BCUT2D eigenvalue weighted by Crippen LogP contribution is -2.32. The first-order chi connectivity index (χ1) is 15.3. The van der Waals surface area contributed by atoms with Crippen LogP contribution in [0.3, 0.4) is 0 Å². The average Bonchev–Trinajstić information content (AvgIpc) is 2.79. The molecule has 0 heterocycles. The van der Waals surface area contributed by atoms with Gasteiger partial charge in [-0.2, -0.15) is 5.10 Å². The van der Waals surface area contributed by atoms with Gasteiger partial charge in [0.25, 0.3) is 0 Å². The van der Waals surface area contributed by atoms with Crippen molar-refractivity contribution in [3.05, 3.63) is 95.3 Å². The molecule has 0 unspecified atom stereocenters. The fraction of sp³-hybridized carbons (Fsp3) is 0.0833. The Kier molecular flexibility index (Phi) is 7.07. The highest BCUT2D eigenvalue weighted by molar-refractivity contribution is 6.39. The van der Waals surface area contributed by atoms with Crippen LogP contribution in [0.25, 0.3) is 0 Å². The topological polar surface area (TPSA) is 96.9 Å². The SMILES string of the molecule is C/C(=N\NC(=O)C(=O)Nc1ccc(F)cc1)c1ccc(OC(=O)c2ccc(C)cc2)cc1. The van der Waals surface area contributed by atoms with Crippen LogP contribution in [-0.2, 0) is 9.59 Å². The Hall–Kier alpha value is -4.33. The molecule has 8 heteroatoms. The first-order valence-electron chi connectivity index (χ1n) is 9.62. The highest BCUT2D eigenvalue weighted by atomic mass is 19.1. The van der Waals surface area contributed by atoms with Crippen molar-refractivity contribution < 1.29 is 23.5 Å². The van der Waals surface area contributed by atoms with Gasteiger partial charge in [0.05, 0.1) is 11.3 Å². The summed E-state index contributed by atoms with van der Waals surface area (Å²) < 4.78 is 18.2. The van der Waals surface area contributed by atoms with E-state index in [0.29, 0.717) is 22.6 Å². The number of anilines is 1. The summed E-state index contributed by atoms with van der Waals surface area (Å²) in [5.41, 5.74) is 5.02. The number of carbonyl (C=O) groups is 3. The number of hydrogen-bond donors (Lipinski definition) is 2. The molecule has 0 saturated carbocycles. The van der Waals surface area contributed by atoms with Gasteiger partial charge in [0.2, 0.25) is 0 Å². The first kappa shape index (κ1) is 22.4. The number of amides is 2. The van der Waals surface area contributed by atoms with Gasteiger partial charge in [-0.3, -0.25) is 9.59 Å². The second kappa shape index (κ2) is 10.1. The predicted molar refractivity (Wildman–Crippen MR) is 118 cm³/mol. The molecule has 0 aromatic heterocycles. The maximum absolute atomic E-state index is 12.9. The number of carbonyl (C=O) groups excluding carboxylic acids is 3. The lowest BCUT2D eigenvalue weighted by Gasteiger charge is -2.07. The largest absolute Gasteiger partial charge is 0.423 e. The van der Waals surface area contributed by atoms with Crippen molar-refractivity contribution >= 4 is 29.2 Å². The van der Waals surface area contributed by atoms with Crippen LogP contribution in [0.5, 0.6) is 5.75 Å². The van der Waals surface area contributed by atoms with E-state index in [1.165, 1.54) is 12.1 Å². The molecule has 0 aliphatic heterocycles. The van der Waals surface area contributed by atoms with Gasteiger partial charge in [-0.15, -0.1) is 0 Å². The van der Waals surface area contributed by atoms with Gasteiger partial charge < -0.3 is 10.1 Å². The molecule has 2 amide bonds. The molecule has 0 radical (unpaired) electrons. The molecule has 3 aromatic carbocycles. The monoisotopic (exact) mass is 433 g/mol. The predicted octanol–water partition coefficient (Wildman–Crippen LogP) is 3.83. The molecule has 0 atom stereocenters. The van der Waals surface area contributed by atoms with Crippen LogP contribution < -0.4 is 15.5 Å². The van der Waals surface area contributed by atoms with Crippen LogP contribution in [-0.4, -0.2) is 23.5 Å². The molecule has 2 N–H and O–H groups in total. The molecule has 0 fully saturated rings. The Labute approximate surface area is 183 Å². The molecule has 0 aliphatic carbocycles. The van der Waals surface area contributed by atoms with Gasteiger partial charge in [-0.1, -0.05) is 17.7 Å².